The van der Waals surface area contributed by atoms with E-state index in [-0.39, 0.29) is 19.1 Å². The SMILES string of the molecule is CC(C)c1ccc(C(=O)NC(C)(CO)CO)cc1. The number of benzene rings is 1. The third kappa shape index (κ3) is 3.55. The molecular weight excluding hydrogens is 230 g/mol. The van der Waals surface area contributed by atoms with Crippen LogP contribution in [0.4, 0.5) is 0 Å². The highest BCUT2D eigenvalue weighted by Gasteiger charge is 2.24. The number of amides is 1. The third-order valence-electron chi connectivity index (χ3n) is 2.95. The minimum Gasteiger partial charge on any atom is -0.394 e. The first-order valence-electron chi connectivity index (χ1n) is 6.06. The van der Waals surface area contributed by atoms with E-state index in [1.807, 2.05) is 12.1 Å². The first-order chi connectivity index (χ1) is 8.41. The number of hydrogen-bond acceptors (Lipinski definition) is 3. The lowest BCUT2D eigenvalue weighted by atomic mass is 10.0. The number of nitrogens with one attached hydrogen (secondary N) is 1. The van der Waals surface area contributed by atoms with Crippen molar-refractivity contribution in [1.82, 2.24) is 5.32 Å². The van der Waals surface area contributed by atoms with Crippen LogP contribution in [0.1, 0.15) is 42.6 Å². The Balaban J connectivity index is 2.79. The topological polar surface area (TPSA) is 69.6 Å². The molecule has 1 amide bonds. The van der Waals surface area contributed by atoms with Crippen LogP contribution < -0.4 is 5.32 Å². The van der Waals surface area contributed by atoms with E-state index in [1.165, 1.54) is 5.56 Å². The van der Waals surface area contributed by atoms with Crippen molar-refractivity contribution in [2.45, 2.75) is 32.2 Å². The van der Waals surface area contributed by atoms with Gasteiger partial charge in [-0.1, -0.05) is 26.0 Å². The minimum absolute atomic E-state index is 0.295. The first kappa shape index (κ1) is 14.7. The summed E-state index contributed by atoms with van der Waals surface area (Å²) in [5, 5.41) is 20.9. The summed E-state index contributed by atoms with van der Waals surface area (Å²) in [5.41, 5.74) is 0.694. The molecule has 0 aliphatic rings. The van der Waals surface area contributed by atoms with Crippen molar-refractivity contribution in [3.8, 4) is 0 Å². The van der Waals surface area contributed by atoms with E-state index in [1.54, 1.807) is 19.1 Å². The highest BCUT2D eigenvalue weighted by atomic mass is 16.3. The predicted molar refractivity (Wildman–Crippen MR) is 70.6 cm³/mol. The monoisotopic (exact) mass is 251 g/mol. The van der Waals surface area contributed by atoms with Gasteiger partial charge in [0, 0.05) is 5.56 Å². The molecule has 0 unspecified atom stereocenters. The normalized spacial score (nSPS) is 11.7. The molecule has 4 heteroatoms. The Morgan fingerprint density at radius 1 is 1.22 bits per heavy atom. The van der Waals surface area contributed by atoms with Crippen LogP contribution in [0.25, 0.3) is 0 Å². The summed E-state index contributed by atoms with van der Waals surface area (Å²) in [6, 6.07) is 7.32. The molecule has 0 saturated heterocycles. The largest absolute Gasteiger partial charge is 0.394 e. The van der Waals surface area contributed by atoms with E-state index in [0.29, 0.717) is 11.5 Å². The van der Waals surface area contributed by atoms with Gasteiger partial charge in [-0.05, 0) is 30.5 Å². The molecular formula is C14H21NO3. The summed E-state index contributed by atoms with van der Waals surface area (Å²) < 4.78 is 0. The standard InChI is InChI=1S/C14H21NO3/c1-10(2)11-4-6-12(7-5-11)13(18)15-14(3,8-16)9-17/h4-7,10,16-17H,8-9H2,1-3H3,(H,15,18). The first-order valence-corrected chi connectivity index (χ1v) is 6.06. The fourth-order valence-corrected chi connectivity index (χ4v) is 1.49. The smallest absolute Gasteiger partial charge is 0.251 e. The van der Waals surface area contributed by atoms with Gasteiger partial charge < -0.3 is 15.5 Å². The molecule has 0 atom stereocenters. The van der Waals surface area contributed by atoms with Gasteiger partial charge in [0.1, 0.15) is 0 Å². The molecule has 0 aromatic heterocycles. The number of carbonyl (C=O) groups is 1. The second kappa shape index (κ2) is 5.98. The summed E-state index contributed by atoms with van der Waals surface area (Å²) in [5.74, 6) is 0.123. The van der Waals surface area contributed by atoms with Crippen molar-refractivity contribution in [1.29, 1.82) is 0 Å². The maximum atomic E-state index is 11.9. The van der Waals surface area contributed by atoms with Gasteiger partial charge >= 0.3 is 0 Å². The van der Waals surface area contributed by atoms with Gasteiger partial charge in [0.2, 0.25) is 0 Å². The summed E-state index contributed by atoms with van der Waals surface area (Å²) in [7, 11) is 0. The van der Waals surface area contributed by atoms with Crippen LogP contribution in [-0.4, -0.2) is 34.9 Å². The molecule has 0 saturated carbocycles. The fourth-order valence-electron chi connectivity index (χ4n) is 1.49. The zero-order chi connectivity index (χ0) is 13.8. The maximum absolute atomic E-state index is 11.9. The molecule has 0 aliphatic carbocycles. The van der Waals surface area contributed by atoms with E-state index >= 15 is 0 Å². The molecule has 0 bridgehead atoms. The molecule has 0 heterocycles. The van der Waals surface area contributed by atoms with Crippen LogP contribution in [0.2, 0.25) is 0 Å². The molecule has 0 radical (unpaired) electrons. The molecule has 3 N–H and O–H groups in total. The molecule has 100 valence electrons. The maximum Gasteiger partial charge on any atom is 0.251 e. The van der Waals surface area contributed by atoms with Crippen LogP contribution in [0.3, 0.4) is 0 Å². The van der Waals surface area contributed by atoms with Gasteiger partial charge in [-0.2, -0.15) is 0 Å². The van der Waals surface area contributed by atoms with Gasteiger partial charge in [0.15, 0.2) is 0 Å². The molecule has 0 aliphatic heterocycles. The molecule has 4 nitrogen and oxygen atoms in total. The summed E-state index contributed by atoms with van der Waals surface area (Å²) >= 11 is 0. The van der Waals surface area contributed by atoms with Crippen molar-refractivity contribution in [3.63, 3.8) is 0 Å². The number of hydrogen-bond donors (Lipinski definition) is 3. The predicted octanol–water partition coefficient (Wildman–Crippen LogP) is 1.28. The van der Waals surface area contributed by atoms with Crippen LogP contribution in [0.5, 0.6) is 0 Å². The average molecular weight is 251 g/mol. The average Bonchev–Trinajstić information content (AvgIpc) is 2.38. The number of carbonyl (C=O) groups excluding carboxylic acids is 1. The lowest BCUT2D eigenvalue weighted by molar-refractivity contribution is 0.0724. The zero-order valence-corrected chi connectivity index (χ0v) is 11.1. The van der Waals surface area contributed by atoms with E-state index in [2.05, 4.69) is 19.2 Å². The Hall–Kier alpha value is -1.39. The molecule has 1 aromatic carbocycles. The third-order valence-corrected chi connectivity index (χ3v) is 2.95. The van der Waals surface area contributed by atoms with Gasteiger partial charge in [-0.25, -0.2) is 0 Å². The van der Waals surface area contributed by atoms with E-state index < -0.39 is 5.54 Å². The van der Waals surface area contributed by atoms with Gasteiger partial charge in [0.05, 0.1) is 18.8 Å². The van der Waals surface area contributed by atoms with E-state index in [4.69, 9.17) is 10.2 Å². The molecule has 0 spiro atoms. The second-order valence-electron chi connectivity index (χ2n) is 5.11. The fraction of sp³-hybridized carbons (Fsp3) is 0.500. The summed E-state index contributed by atoms with van der Waals surface area (Å²) in [6.45, 7) is 5.15. The quantitative estimate of drug-likeness (QED) is 0.738. The zero-order valence-electron chi connectivity index (χ0n) is 11.1. The Kier molecular flexibility index (Phi) is 4.87. The van der Waals surface area contributed by atoms with Crippen molar-refractivity contribution >= 4 is 5.91 Å². The van der Waals surface area contributed by atoms with Crippen LogP contribution in [-0.2, 0) is 0 Å². The minimum atomic E-state index is -0.992. The van der Waals surface area contributed by atoms with Crippen molar-refractivity contribution < 1.29 is 15.0 Å². The lowest BCUT2D eigenvalue weighted by Gasteiger charge is -2.26. The van der Waals surface area contributed by atoms with Crippen molar-refractivity contribution in [2.75, 3.05) is 13.2 Å². The van der Waals surface area contributed by atoms with Crippen LogP contribution >= 0.6 is 0 Å². The van der Waals surface area contributed by atoms with Gasteiger partial charge in [-0.3, -0.25) is 4.79 Å². The highest BCUT2D eigenvalue weighted by Crippen LogP contribution is 2.15. The molecule has 0 fully saturated rings. The Labute approximate surface area is 108 Å². The summed E-state index contributed by atoms with van der Waals surface area (Å²) in [6.07, 6.45) is 0. The van der Waals surface area contributed by atoms with Crippen molar-refractivity contribution in [3.05, 3.63) is 35.4 Å². The number of aliphatic hydroxyl groups is 2. The Morgan fingerprint density at radius 2 is 1.72 bits per heavy atom. The van der Waals surface area contributed by atoms with Crippen LogP contribution in [0, 0.1) is 0 Å². The second-order valence-corrected chi connectivity index (χ2v) is 5.11. The van der Waals surface area contributed by atoms with Gasteiger partial charge in [0.25, 0.3) is 5.91 Å². The lowest BCUT2D eigenvalue weighted by Crippen LogP contribution is -2.51. The Morgan fingerprint density at radius 3 is 2.11 bits per heavy atom. The number of rotatable bonds is 5. The van der Waals surface area contributed by atoms with E-state index in [9.17, 15) is 4.79 Å². The highest BCUT2D eigenvalue weighted by molar-refractivity contribution is 5.94. The molecule has 1 aromatic rings. The molecule has 18 heavy (non-hydrogen) atoms. The number of aliphatic hydroxyl groups excluding tert-OH is 2. The molecule has 1 rings (SSSR count). The Bertz CT molecular complexity index is 394. The van der Waals surface area contributed by atoms with Gasteiger partial charge in [-0.15, -0.1) is 0 Å². The van der Waals surface area contributed by atoms with Crippen LogP contribution in [0.15, 0.2) is 24.3 Å². The van der Waals surface area contributed by atoms with Crippen molar-refractivity contribution in [2.24, 2.45) is 0 Å². The summed E-state index contributed by atoms with van der Waals surface area (Å²) in [4.78, 5) is 11.9. The van der Waals surface area contributed by atoms with E-state index in [0.717, 1.165) is 0 Å².